The molecular formula is C23H21FO2. The minimum Gasteiger partial charge on any atom is -0.493 e. The molecule has 0 aliphatic rings. The highest BCUT2D eigenvalue weighted by Gasteiger charge is 2.13. The van der Waals surface area contributed by atoms with Crippen LogP contribution in [0.5, 0.6) is 11.5 Å². The Balaban J connectivity index is 1.84. The van der Waals surface area contributed by atoms with E-state index in [9.17, 15) is 4.39 Å². The van der Waals surface area contributed by atoms with Crippen LogP contribution in [0.25, 0.3) is 17.2 Å². The number of allylic oxidation sites excluding steroid dienone is 1. The van der Waals surface area contributed by atoms with Crippen LogP contribution in [0, 0.1) is 5.82 Å². The van der Waals surface area contributed by atoms with Gasteiger partial charge in [0.2, 0.25) is 0 Å². The van der Waals surface area contributed by atoms with Crippen molar-refractivity contribution in [3.05, 3.63) is 89.8 Å². The van der Waals surface area contributed by atoms with Crippen molar-refractivity contribution in [1.82, 2.24) is 0 Å². The third-order valence-electron chi connectivity index (χ3n) is 4.10. The Labute approximate surface area is 153 Å². The largest absolute Gasteiger partial charge is 0.493 e. The second kappa shape index (κ2) is 8.34. The predicted molar refractivity (Wildman–Crippen MR) is 104 cm³/mol. The monoisotopic (exact) mass is 348 g/mol. The first kappa shape index (κ1) is 17.7. The van der Waals surface area contributed by atoms with Gasteiger partial charge in [-0.3, -0.25) is 0 Å². The fourth-order valence-electron chi connectivity index (χ4n) is 2.84. The molecule has 3 heteroatoms. The number of benzene rings is 3. The fourth-order valence-corrected chi connectivity index (χ4v) is 2.84. The van der Waals surface area contributed by atoms with Gasteiger partial charge in [0, 0.05) is 5.56 Å². The van der Waals surface area contributed by atoms with Gasteiger partial charge >= 0.3 is 0 Å². The molecule has 0 amide bonds. The number of ether oxygens (including phenoxy) is 2. The molecule has 26 heavy (non-hydrogen) atoms. The summed E-state index contributed by atoms with van der Waals surface area (Å²) in [5, 5.41) is 0. The lowest BCUT2D eigenvalue weighted by Crippen LogP contribution is -1.96. The summed E-state index contributed by atoms with van der Waals surface area (Å²) in [5.74, 6) is 0.677. The quantitative estimate of drug-likeness (QED) is 0.535. The highest BCUT2D eigenvalue weighted by molar-refractivity contribution is 5.79. The van der Waals surface area contributed by atoms with Gasteiger partial charge in [-0.2, -0.15) is 0 Å². The third-order valence-corrected chi connectivity index (χ3v) is 4.10. The SMILES string of the molecule is C/C=C\c1c(-c2ccc(OCc3ccccc3)cc2)ccc(F)c1OC. The molecule has 0 N–H and O–H groups in total. The molecule has 0 aliphatic carbocycles. The zero-order chi connectivity index (χ0) is 18.4. The molecule has 0 fully saturated rings. The zero-order valence-electron chi connectivity index (χ0n) is 14.9. The smallest absolute Gasteiger partial charge is 0.165 e. The van der Waals surface area contributed by atoms with Crippen LogP contribution in [0.1, 0.15) is 18.1 Å². The number of rotatable bonds is 6. The molecule has 0 radical (unpaired) electrons. The van der Waals surface area contributed by atoms with Crippen molar-refractivity contribution in [2.75, 3.05) is 7.11 Å². The van der Waals surface area contributed by atoms with Crippen LogP contribution >= 0.6 is 0 Å². The summed E-state index contributed by atoms with van der Waals surface area (Å²) in [6, 6.07) is 21.0. The van der Waals surface area contributed by atoms with E-state index < -0.39 is 0 Å². The summed E-state index contributed by atoms with van der Waals surface area (Å²) in [5.41, 5.74) is 3.74. The van der Waals surface area contributed by atoms with E-state index in [0.29, 0.717) is 6.61 Å². The summed E-state index contributed by atoms with van der Waals surface area (Å²) in [7, 11) is 1.48. The van der Waals surface area contributed by atoms with Gasteiger partial charge in [0.05, 0.1) is 7.11 Å². The van der Waals surface area contributed by atoms with Gasteiger partial charge in [0.1, 0.15) is 12.4 Å². The maximum absolute atomic E-state index is 14.0. The van der Waals surface area contributed by atoms with Crippen molar-refractivity contribution in [2.24, 2.45) is 0 Å². The topological polar surface area (TPSA) is 18.5 Å². The molecule has 2 nitrogen and oxygen atoms in total. The Morgan fingerprint density at radius 1 is 0.923 bits per heavy atom. The van der Waals surface area contributed by atoms with E-state index in [2.05, 4.69) is 0 Å². The van der Waals surface area contributed by atoms with Gasteiger partial charge in [-0.1, -0.05) is 60.7 Å². The summed E-state index contributed by atoms with van der Waals surface area (Å²) in [6.07, 6.45) is 3.73. The van der Waals surface area contributed by atoms with Gasteiger partial charge in [-0.05, 0) is 41.8 Å². The van der Waals surface area contributed by atoms with Crippen LogP contribution in [-0.4, -0.2) is 7.11 Å². The molecule has 0 unspecified atom stereocenters. The summed E-state index contributed by atoms with van der Waals surface area (Å²) < 4.78 is 25.1. The second-order valence-electron chi connectivity index (χ2n) is 5.84. The van der Waals surface area contributed by atoms with Crippen LogP contribution < -0.4 is 9.47 Å². The molecule has 0 saturated carbocycles. The molecule has 0 bridgehead atoms. The Kier molecular flexibility index (Phi) is 5.69. The van der Waals surface area contributed by atoms with Crippen LogP contribution in [0.3, 0.4) is 0 Å². The second-order valence-corrected chi connectivity index (χ2v) is 5.84. The minimum absolute atomic E-state index is 0.255. The molecule has 0 saturated heterocycles. The van der Waals surface area contributed by atoms with Crippen molar-refractivity contribution < 1.29 is 13.9 Å². The highest BCUT2D eigenvalue weighted by atomic mass is 19.1. The third kappa shape index (κ3) is 3.94. The van der Waals surface area contributed by atoms with E-state index in [1.54, 1.807) is 6.07 Å². The van der Waals surface area contributed by atoms with E-state index in [4.69, 9.17) is 9.47 Å². The summed E-state index contributed by atoms with van der Waals surface area (Å²) >= 11 is 0. The summed E-state index contributed by atoms with van der Waals surface area (Å²) in [6.45, 7) is 2.42. The zero-order valence-corrected chi connectivity index (χ0v) is 14.9. The first-order valence-corrected chi connectivity index (χ1v) is 8.49. The molecule has 3 rings (SSSR count). The fraction of sp³-hybridized carbons (Fsp3) is 0.130. The van der Waals surface area contributed by atoms with Crippen molar-refractivity contribution >= 4 is 6.08 Å². The van der Waals surface area contributed by atoms with E-state index in [1.807, 2.05) is 73.7 Å². The van der Waals surface area contributed by atoms with Crippen molar-refractivity contribution in [3.63, 3.8) is 0 Å². The van der Waals surface area contributed by atoms with Crippen LogP contribution in [0.15, 0.2) is 72.8 Å². The lowest BCUT2D eigenvalue weighted by molar-refractivity contribution is 0.306. The number of methoxy groups -OCH3 is 1. The molecule has 132 valence electrons. The number of hydrogen-bond donors (Lipinski definition) is 0. The molecule has 0 aliphatic heterocycles. The lowest BCUT2D eigenvalue weighted by atomic mass is 9.98. The average molecular weight is 348 g/mol. The molecule has 0 atom stereocenters. The first-order chi connectivity index (χ1) is 12.7. The van der Waals surface area contributed by atoms with E-state index >= 15 is 0 Å². The average Bonchev–Trinajstić information content (AvgIpc) is 2.68. The number of halogens is 1. The van der Waals surface area contributed by atoms with Gasteiger partial charge in [0.25, 0.3) is 0 Å². The lowest BCUT2D eigenvalue weighted by Gasteiger charge is -2.13. The van der Waals surface area contributed by atoms with Crippen molar-refractivity contribution in [2.45, 2.75) is 13.5 Å². The van der Waals surface area contributed by atoms with E-state index in [1.165, 1.54) is 13.2 Å². The molecular weight excluding hydrogens is 327 g/mol. The van der Waals surface area contributed by atoms with Gasteiger partial charge in [0.15, 0.2) is 11.6 Å². The molecule has 0 aromatic heterocycles. The Morgan fingerprint density at radius 2 is 1.65 bits per heavy atom. The van der Waals surface area contributed by atoms with Crippen molar-refractivity contribution in [3.8, 4) is 22.6 Å². The normalized spacial score (nSPS) is 10.9. The maximum atomic E-state index is 14.0. The van der Waals surface area contributed by atoms with Crippen LogP contribution in [-0.2, 0) is 6.61 Å². The Bertz CT molecular complexity index is 884. The molecule has 3 aromatic rings. The standard InChI is InChI=1S/C23H21FO2/c1-3-7-21-20(14-15-22(24)23(21)25-2)18-10-12-19(13-11-18)26-16-17-8-5-4-6-9-17/h3-15H,16H2,1-2H3/b7-3-. The van der Waals surface area contributed by atoms with Crippen LogP contribution in [0.2, 0.25) is 0 Å². The Hall–Kier alpha value is -3.07. The number of hydrogen-bond acceptors (Lipinski definition) is 2. The summed E-state index contributed by atoms with van der Waals surface area (Å²) in [4.78, 5) is 0. The van der Waals surface area contributed by atoms with Gasteiger partial charge < -0.3 is 9.47 Å². The van der Waals surface area contributed by atoms with Crippen LogP contribution in [0.4, 0.5) is 4.39 Å². The van der Waals surface area contributed by atoms with Gasteiger partial charge in [-0.25, -0.2) is 4.39 Å². The minimum atomic E-state index is -0.368. The van der Waals surface area contributed by atoms with Gasteiger partial charge in [-0.15, -0.1) is 0 Å². The highest BCUT2D eigenvalue weighted by Crippen LogP contribution is 2.34. The molecule has 0 heterocycles. The van der Waals surface area contributed by atoms with Crippen molar-refractivity contribution in [1.29, 1.82) is 0 Å². The molecule has 3 aromatic carbocycles. The maximum Gasteiger partial charge on any atom is 0.165 e. The molecule has 0 spiro atoms. The first-order valence-electron chi connectivity index (χ1n) is 8.49. The Morgan fingerprint density at radius 3 is 2.31 bits per heavy atom. The predicted octanol–water partition coefficient (Wildman–Crippen LogP) is 6.11. The van der Waals surface area contributed by atoms with E-state index in [0.717, 1.165) is 28.0 Å². The van der Waals surface area contributed by atoms with E-state index in [-0.39, 0.29) is 11.6 Å².